The van der Waals surface area contributed by atoms with Crippen molar-refractivity contribution < 1.29 is 9.53 Å². The first-order valence-electron chi connectivity index (χ1n) is 11.8. The first-order valence-corrected chi connectivity index (χ1v) is 11.8. The zero-order valence-corrected chi connectivity index (χ0v) is 19.1. The van der Waals surface area contributed by atoms with E-state index in [4.69, 9.17) is 4.74 Å². The summed E-state index contributed by atoms with van der Waals surface area (Å²) in [7, 11) is 1.42. The number of carbonyl (C=O) groups excluding carboxylic acids is 1. The molecule has 0 amide bonds. The monoisotopic (exact) mass is 435 g/mol. The maximum Gasteiger partial charge on any atom is 0.337 e. The van der Waals surface area contributed by atoms with Gasteiger partial charge in [-0.1, -0.05) is 86.3 Å². The van der Waals surface area contributed by atoms with Gasteiger partial charge in [0.05, 0.1) is 18.4 Å². The second-order valence-electron chi connectivity index (χ2n) is 8.70. The van der Waals surface area contributed by atoms with Crippen molar-refractivity contribution in [3.05, 3.63) is 102 Å². The van der Waals surface area contributed by atoms with Crippen LogP contribution in [0.15, 0.2) is 84.9 Å². The molecule has 0 radical (unpaired) electrons. The largest absolute Gasteiger partial charge is 0.465 e. The van der Waals surface area contributed by atoms with Crippen molar-refractivity contribution in [2.45, 2.75) is 38.5 Å². The SMILES string of the molecule is C1CCC1.COC(=O)c1cccc(-n2c(-c3ccccc3)cc3c2CCc2ccccc2-3)c1. The van der Waals surface area contributed by atoms with Gasteiger partial charge in [-0.25, -0.2) is 4.79 Å². The lowest BCUT2D eigenvalue weighted by molar-refractivity contribution is 0.0600. The summed E-state index contributed by atoms with van der Waals surface area (Å²) < 4.78 is 7.23. The van der Waals surface area contributed by atoms with Gasteiger partial charge >= 0.3 is 5.97 Å². The molecule has 33 heavy (non-hydrogen) atoms. The first-order chi connectivity index (χ1) is 16.3. The van der Waals surface area contributed by atoms with Gasteiger partial charge in [-0.2, -0.15) is 0 Å². The Bertz CT molecular complexity index is 1260. The van der Waals surface area contributed by atoms with Crippen LogP contribution in [-0.4, -0.2) is 17.6 Å². The third-order valence-corrected chi connectivity index (χ3v) is 6.64. The van der Waals surface area contributed by atoms with Gasteiger partial charge in [0.25, 0.3) is 0 Å². The fourth-order valence-corrected chi connectivity index (χ4v) is 4.54. The molecular weight excluding hydrogens is 406 g/mol. The molecule has 2 aliphatic rings. The second-order valence-corrected chi connectivity index (χ2v) is 8.70. The van der Waals surface area contributed by atoms with Gasteiger partial charge in [0.1, 0.15) is 0 Å². The van der Waals surface area contributed by atoms with Crippen molar-refractivity contribution in [2.75, 3.05) is 7.11 Å². The van der Waals surface area contributed by atoms with Gasteiger partial charge in [-0.3, -0.25) is 0 Å². The highest BCUT2D eigenvalue weighted by molar-refractivity contribution is 5.90. The van der Waals surface area contributed by atoms with Crippen LogP contribution in [-0.2, 0) is 17.6 Å². The average Bonchev–Trinajstić information content (AvgIpc) is 3.23. The minimum atomic E-state index is -0.320. The third-order valence-electron chi connectivity index (χ3n) is 6.64. The number of carbonyl (C=O) groups is 1. The van der Waals surface area contributed by atoms with Crippen molar-refractivity contribution >= 4 is 5.97 Å². The van der Waals surface area contributed by atoms with E-state index in [0.29, 0.717) is 5.56 Å². The number of fused-ring (bicyclic) bond motifs is 3. The fraction of sp³-hybridized carbons (Fsp3) is 0.233. The Morgan fingerprint density at radius 1 is 0.758 bits per heavy atom. The highest BCUT2D eigenvalue weighted by atomic mass is 16.5. The zero-order valence-electron chi connectivity index (χ0n) is 19.1. The Morgan fingerprint density at radius 3 is 2.21 bits per heavy atom. The lowest BCUT2D eigenvalue weighted by atomic mass is 9.90. The van der Waals surface area contributed by atoms with E-state index in [1.807, 2.05) is 18.2 Å². The molecule has 6 rings (SSSR count). The van der Waals surface area contributed by atoms with Crippen molar-refractivity contribution in [2.24, 2.45) is 0 Å². The molecular formula is C30H29NO2. The Labute approximate surface area is 195 Å². The van der Waals surface area contributed by atoms with Gasteiger partial charge in [0, 0.05) is 16.9 Å². The molecule has 0 N–H and O–H groups in total. The number of nitrogens with zero attached hydrogens (tertiary/aromatic N) is 1. The molecule has 0 saturated heterocycles. The summed E-state index contributed by atoms with van der Waals surface area (Å²) in [4.78, 5) is 12.1. The molecule has 0 unspecified atom stereocenters. The van der Waals surface area contributed by atoms with Crippen LogP contribution in [0.5, 0.6) is 0 Å². The van der Waals surface area contributed by atoms with Crippen molar-refractivity contribution in [3.8, 4) is 28.1 Å². The Hall–Kier alpha value is -3.59. The van der Waals surface area contributed by atoms with Crippen LogP contribution >= 0.6 is 0 Å². The zero-order chi connectivity index (χ0) is 22.6. The molecule has 166 valence electrons. The molecule has 1 fully saturated rings. The number of methoxy groups -OCH3 is 1. The maximum absolute atomic E-state index is 12.1. The maximum atomic E-state index is 12.1. The highest BCUT2D eigenvalue weighted by Crippen LogP contribution is 2.40. The summed E-state index contributed by atoms with van der Waals surface area (Å²) in [6.45, 7) is 0. The second kappa shape index (κ2) is 9.50. The van der Waals surface area contributed by atoms with E-state index in [1.54, 1.807) is 6.07 Å². The summed E-state index contributed by atoms with van der Waals surface area (Å²) in [5, 5.41) is 0. The van der Waals surface area contributed by atoms with E-state index in [0.717, 1.165) is 29.8 Å². The van der Waals surface area contributed by atoms with Crippen LogP contribution in [0.1, 0.15) is 47.3 Å². The fourth-order valence-electron chi connectivity index (χ4n) is 4.54. The molecule has 1 aromatic heterocycles. The molecule has 0 atom stereocenters. The lowest BCUT2D eigenvalue weighted by Gasteiger charge is -2.20. The number of esters is 1. The lowest BCUT2D eigenvalue weighted by Crippen LogP contribution is -2.10. The molecule has 3 aromatic carbocycles. The molecule has 0 spiro atoms. The standard InChI is InChI=1S/C26H21NO2.C4H8/c1-29-26(28)20-11-7-12-21(16-20)27-24-15-14-18-8-5-6-13-22(18)23(24)17-25(27)19-9-3-2-4-10-19;1-2-4-3-1/h2-13,16-17H,14-15H2,1H3;1-4H2. The van der Waals surface area contributed by atoms with Gasteiger partial charge in [0.2, 0.25) is 0 Å². The molecule has 3 heteroatoms. The van der Waals surface area contributed by atoms with E-state index in [9.17, 15) is 4.79 Å². The molecule has 0 aliphatic heterocycles. The quantitative estimate of drug-likeness (QED) is 0.317. The molecule has 0 bridgehead atoms. The molecule has 2 aliphatic carbocycles. The number of hydrogen-bond donors (Lipinski definition) is 0. The van der Waals surface area contributed by atoms with Crippen LogP contribution in [0, 0.1) is 0 Å². The molecule has 3 nitrogen and oxygen atoms in total. The molecule has 4 aromatic rings. The smallest absolute Gasteiger partial charge is 0.337 e. The number of benzene rings is 3. The Kier molecular flexibility index (Phi) is 6.12. The van der Waals surface area contributed by atoms with Gasteiger partial charge in [-0.15, -0.1) is 0 Å². The Balaban J connectivity index is 0.000000517. The number of aromatic nitrogens is 1. The first kappa shape index (κ1) is 21.3. The highest BCUT2D eigenvalue weighted by Gasteiger charge is 2.24. The van der Waals surface area contributed by atoms with E-state index >= 15 is 0 Å². The summed E-state index contributed by atoms with van der Waals surface area (Å²) >= 11 is 0. The normalized spacial score (nSPS) is 13.6. The van der Waals surface area contributed by atoms with Crippen molar-refractivity contribution in [1.82, 2.24) is 4.57 Å². The number of rotatable bonds is 3. The average molecular weight is 436 g/mol. The van der Waals surface area contributed by atoms with Gasteiger partial charge in [0.15, 0.2) is 0 Å². The number of hydrogen-bond acceptors (Lipinski definition) is 2. The van der Waals surface area contributed by atoms with Crippen LogP contribution in [0.25, 0.3) is 28.1 Å². The number of ether oxygens (including phenoxy) is 1. The summed E-state index contributed by atoms with van der Waals surface area (Å²) in [5.74, 6) is -0.320. The van der Waals surface area contributed by atoms with Gasteiger partial charge in [-0.05, 0) is 53.8 Å². The van der Waals surface area contributed by atoms with Gasteiger partial charge < -0.3 is 9.30 Å². The topological polar surface area (TPSA) is 31.2 Å². The Morgan fingerprint density at radius 2 is 1.48 bits per heavy atom. The number of aryl methyl sites for hydroxylation is 1. The molecule has 1 saturated carbocycles. The minimum absolute atomic E-state index is 0.320. The molecule has 1 heterocycles. The van der Waals surface area contributed by atoms with Crippen molar-refractivity contribution in [3.63, 3.8) is 0 Å². The third kappa shape index (κ3) is 4.23. The van der Waals surface area contributed by atoms with E-state index in [-0.39, 0.29) is 5.97 Å². The minimum Gasteiger partial charge on any atom is -0.465 e. The van der Waals surface area contributed by atoms with Crippen molar-refractivity contribution in [1.29, 1.82) is 0 Å². The van der Waals surface area contributed by atoms with Crippen LogP contribution in [0.4, 0.5) is 0 Å². The summed E-state index contributed by atoms with van der Waals surface area (Å²) in [6, 6.07) is 29.0. The van der Waals surface area contributed by atoms with E-state index in [1.165, 1.54) is 55.2 Å². The van der Waals surface area contributed by atoms with Crippen LogP contribution < -0.4 is 0 Å². The van der Waals surface area contributed by atoms with Crippen LogP contribution in [0.2, 0.25) is 0 Å². The summed E-state index contributed by atoms with van der Waals surface area (Å²) in [6.07, 6.45) is 7.97. The van der Waals surface area contributed by atoms with E-state index < -0.39 is 0 Å². The van der Waals surface area contributed by atoms with E-state index in [2.05, 4.69) is 65.2 Å². The predicted octanol–water partition coefficient (Wildman–Crippen LogP) is 7.26. The van der Waals surface area contributed by atoms with Crippen LogP contribution in [0.3, 0.4) is 0 Å². The summed E-state index contributed by atoms with van der Waals surface area (Å²) in [5.41, 5.74) is 9.07. The predicted molar refractivity (Wildman–Crippen MR) is 134 cm³/mol.